The number of hydrogen-bond acceptors (Lipinski definition) is 5. The molecule has 1 atom stereocenters. The lowest BCUT2D eigenvalue weighted by Crippen LogP contribution is -2.19. The van der Waals surface area contributed by atoms with E-state index in [1.807, 2.05) is 0 Å². The van der Waals surface area contributed by atoms with Crippen LogP contribution in [0, 0.1) is 0 Å². The molecule has 7 heteroatoms. The molecule has 0 bridgehead atoms. The zero-order valence-electron chi connectivity index (χ0n) is 11.0. The van der Waals surface area contributed by atoms with Gasteiger partial charge < -0.3 is 10.1 Å². The number of hydrogen-bond donors (Lipinski definition) is 1. The normalized spacial score (nSPS) is 12.2. The van der Waals surface area contributed by atoms with Crippen LogP contribution in [0.1, 0.15) is 24.2 Å². The number of benzene rings is 1. The molecule has 2 aromatic rings. The number of rotatable bonds is 4. The van der Waals surface area contributed by atoms with Crippen molar-refractivity contribution in [3.8, 4) is 0 Å². The first-order chi connectivity index (χ1) is 9.51. The molecule has 1 heterocycles. The van der Waals surface area contributed by atoms with Gasteiger partial charge in [0.2, 0.25) is 5.91 Å². The Kier molecular flexibility index (Phi) is 4.57. The third-order valence-corrected chi connectivity index (χ3v) is 3.62. The lowest BCUT2D eigenvalue weighted by Gasteiger charge is -2.01. The predicted molar refractivity (Wildman–Crippen MR) is 79.5 cm³/mol. The van der Waals surface area contributed by atoms with Gasteiger partial charge in [-0.1, -0.05) is 11.3 Å². The lowest BCUT2D eigenvalue weighted by atomic mass is 10.2. The summed E-state index contributed by atoms with van der Waals surface area (Å²) in [6.45, 7) is 3.67. The summed E-state index contributed by atoms with van der Waals surface area (Å²) in [5.74, 6) is -0.681. The fourth-order valence-corrected chi connectivity index (χ4v) is 2.49. The molecule has 0 aliphatic carbocycles. The molecule has 0 saturated carbocycles. The Morgan fingerprint density at radius 2 is 2.25 bits per heavy atom. The zero-order valence-corrected chi connectivity index (χ0v) is 12.5. The summed E-state index contributed by atoms with van der Waals surface area (Å²) < 4.78 is 5.74. The second-order valence-corrected chi connectivity index (χ2v) is 5.71. The van der Waals surface area contributed by atoms with E-state index in [-0.39, 0.29) is 11.9 Å². The SMILES string of the molecule is CCOC(=O)c1ccc2nc(NC(=O)[C@@H](C)Cl)sc2c1. The minimum atomic E-state index is -0.628. The van der Waals surface area contributed by atoms with Crippen molar-refractivity contribution < 1.29 is 14.3 Å². The van der Waals surface area contributed by atoms with Crippen LogP contribution in [-0.2, 0) is 9.53 Å². The highest BCUT2D eigenvalue weighted by Crippen LogP contribution is 2.27. The van der Waals surface area contributed by atoms with E-state index in [1.165, 1.54) is 11.3 Å². The average molecular weight is 313 g/mol. The second kappa shape index (κ2) is 6.19. The number of esters is 1. The van der Waals surface area contributed by atoms with E-state index in [9.17, 15) is 9.59 Å². The third-order valence-electron chi connectivity index (χ3n) is 2.49. The van der Waals surface area contributed by atoms with Crippen LogP contribution in [0.2, 0.25) is 0 Å². The standard InChI is InChI=1S/C13H13ClN2O3S/c1-3-19-12(18)8-4-5-9-10(6-8)20-13(15-9)16-11(17)7(2)14/h4-7H,3H2,1-2H3,(H,15,16,17)/t7-/m1/s1. The van der Waals surface area contributed by atoms with Gasteiger partial charge in [-0.15, -0.1) is 11.6 Å². The first-order valence-corrected chi connectivity index (χ1v) is 7.29. The van der Waals surface area contributed by atoms with E-state index in [0.29, 0.717) is 22.8 Å². The van der Waals surface area contributed by atoms with Gasteiger partial charge in [-0.3, -0.25) is 4.79 Å². The maximum atomic E-state index is 11.6. The summed E-state index contributed by atoms with van der Waals surface area (Å²) >= 11 is 6.97. The van der Waals surface area contributed by atoms with Crippen molar-refractivity contribution in [1.29, 1.82) is 0 Å². The fourth-order valence-electron chi connectivity index (χ4n) is 1.52. The average Bonchev–Trinajstić information content (AvgIpc) is 2.79. The number of amides is 1. The van der Waals surface area contributed by atoms with E-state index in [0.717, 1.165) is 4.70 Å². The molecular weight excluding hydrogens is 300 g/mol. The Bertz CT molecular complexity index is 654. The summed E-state index contributed by atoms with van der Waals surface area (Å²) in [4.78, 5) is 27.4. The van der Waals surface area contributed by atoms with Gasteiger partial charge >= 0.3 is 5.97 Å². The monoisotopic (exact) mass is 312 g/mol. The summed E-state index contributed by atoms with van der Waals surface area (Å²) in [5.41, 5.74) is 1.17. The van der Waals surface area contributed by atoms with Crippen molar-refractivity contribution in [3.05, 3.63) is 23.8 Å². The van der Waals surface area contributed by atoms with Crippen molar-refractivity contribution in [2.24, 2.45) is 0 Å². The molecule has 1 amide bonds. The maximum absolute atomic E-state index is 11.6. The molecule has 1 N–H and O–H groups in total. The molecule has 0 spiro atoms. The topological polar surface area (TPSA) is 68.3 Å². The number of anilines is 1. The third kappa shape index (κ3) is 3.26. The van der Waals surface area contributed by atoms with Crippen LogP contribution >= 0.6 is 22.9 Å². The molecule has 0 saturated heterocycles. The van der Waals surface area contributed by atoms with E-state index in [1.54, 1.807) is 32.0 Å². The molecule has 0 aliphatic rings. The lowest BCUT2D eigenvalue weighted by molar-refractivity contribution is -0.115. The summed E-state index contributed by atoms with van der Waals surface area (Å²) in [5, 5.41) is 2.45. The van der Waals surface area contributed by atoms with Crippen LogP contribution in [-0.4, -0.2) is 28.8 Å². The maximum Gasteiger partial charge on any atom is 0.338 e. The summed E-state index contributed by atoms with van der Waals surface area (Å²) in [7, 11) is 0. The molecule has 0 aliphatic heterocycles. The van der Waals surface area contributed by atoms with Gasteiger partial charge in [0.25, 0.3) is 0 Å². The summed E-state index contributed by atoms with van der Waals surface area (Å²) in [6.07, 6.45) is 0. The molecule has 0 fully saturated rings. The Morgan fingerprint density at radius 1 is 1.50 bits per heavy atom. The number of nitrogens with zero attached hydrogens (tertiary/aromatic N) is 1. The number of ether oxygens (including phenoxy) is 1. The van der Waals surface area contributed by atoms with Crippen molar-refractivity contribution in [3.63, 3.8) is 0 Å². The highest BCUT2D eigenvalue weighted by atomic mass is 35.5. The molecule has 1 aromatic carbocycles. The Balaban J connectivity index is 2.26. The molecule has 0 radical (unpaired) electrons. The van der Waals surface area contributed by atoms with Crippen LogP contribution < -0.4 is 5.32 Å². The van der Waals surface area contributed by atoms with Crippen molar-refractivity contribution in [2.75, 3.05) is 11.9 Å². The number of aromatic nitrogens is 1. The van der Waals surface area contributed by atoms with Crippen LogP contribution in [0.25, 0.3) is 10.2 Å². The minimum Gasteiger partial charge on any atom is -0.462 e. The first kappa shape index (κ1) is 14.7. The number of thiazole rings is 1. The van der Waals surface area contributed by atoms with E-state index in [2.05, 4.69) is 10.3 Å². The van der Waals surface area contributed by atoms with Crippen molar-refractivity contribution >= 4 is 50.2 Å². The number of halogens is 1. The number of nitrogens with one attached hydrogen (secondary N) is 1. The second-order valence-electron chi connectivity index (χ2n) is 4.03. The molecule has 2 rings (SSSR count). The zero-order chi connectivity index (χ0) is 14.7. The molecule has 0 unspecified atom stereocenters. The highest BCUT2D eigenvalue weighted by molar-refractivity contribution is 7.22. The van der Waals surface area contributed by atoms with Gasteiger partial charge in [0.1, 0.15) is 5.38 Å². The first-order valence-electron chi connectivity index (χ1n) is 6.04. The van der Waals surface area contributed by atoms with Gasteiger partial charge in [0.15, 0.2) is 5.13 Å². The number of fused-ring (bicyclic) bond motifs is 1. The Morgan fingerprint density at radius 3 is 2.90 bits per heavy atom. The van der Waals surface area contributed by atoms with E-state index in [4.69, 9.17) is 16.3 Å². The van der Waals surface area contributed by atoms with Gasteiger partial charge in [-0.2, -0.15) is 0 Å². The van der Waals surface area contributed by atoms with E-state index >= 15 is 0 Å². The Labute approximate surface area is 124 Å². The molecule has 20 heavy (non-hydrogen) atoms. The molecule has 106 valence electrons. The van der Waals surface area contributed by atoms with Gasteiger partial charge in [0.05, 0.1) is 22.4 Å². The molecule has 5 nitrogen and oxygen atoms in total. The predicted octanol–water partition coefficient (Wildman–Crippen LogP) is 3.04. The fraction of sp³-hybridized carbons (Fsp3) is 0.308. The quantitative estimate of drug-likeness (QED) is 0.696. The largest absolute Gasteiger partial charge is 0.462 e. The summed E-state index contributed by atoms with van der Waals surface area (Å²) in [6, 6.07) is 5.07. The number of carbonyl (C=O) groups excluding carboxylic acids is 2. The van der Waals surface area contributed by atoms with E-state index < -0.39 is 5.38 Å². The minimum absolute atomic E-state index is 0.309. The smallest absolute Gasteiger partial charge is 0.338 e. The molecule has 1 aromatic heterocycles. The van der Waals surface area contributed by atoms with Crippen LogP contribution in [0.3, 0.4) is 0 Å². The van der Waals surface area contributed by atoms with Gasteiger partial charge in [0, 0.05) is 0 Å². The van der Waals surface area contributed by atoms with Crippen molar-refractivity contribution in [2.45, 2.75) is 19.2 Å². The van der Waals surface area contributed by atoms with Crippen LogP contribution in [0.4, 0.5) is 5.13 Å². The molecular formula is C13H13ClN2O3S. The number of alkyl halides is 1. The van der Waals surface area contributed by atoms with Gasteiger partial charge in [-0.25, -0.2) is 9.78 Å². The van der Waals surface area contributed by atoms with Crippen LogP contribution in [0.5, 0.6) is 0 Å². The number of carbonyl (C=O) groups is 2. The van der Waals surface area contributed by atoms with Crippen molar-refractivity contribution in [1.82, 2.24) is 4.98 Å². The van der Waals surface area contributed by atoms with Gasteiger partial charge in [-0.05, 0) is 32.0 Å². The van der Waals surface area contributed by atoms with Crippen LogP contribution in [0.15, 0.2) is 18.2 Å². The Hall–Kier alpha value is -1.66. The highest BCUT2D eigenvalue weighted by Gasteiger charge is 2.14.